The molecule has 138 valence electrons. The number of carbonyl (C=O) groups excluding carboxylic acids is 3. The zero-order valence-electron chi connectivity index (χ0n) is 15.5. The molecule has 1 spiro atoms. The second-order valence-corrected chi connectivity index (χ2v) is 7.57. The summed E-state index contributed by atoms with van der Waals surface area (Å²) >= 11 is 0. The van der Waals surface area contributed by atoms with Crippen molar-refractivity contribution in [2.45, 2.75) is 51.6 Å². The molecule has 0 aromatic heterocycles. The van der Waals surface area contributed by atoms with Crippen LogP contribution < -0.4 is 10.6 Å². The molecule has 3 amide bonds. The van der Waals surface area contributed by atoms with E-state index in [1.165, 1.54) is 4.90 Å². The first-order valence-electron chi connectivity index (χ1n) is 9.54. The minimum atomic E-state index is -1.14. The first kappa shape index (κ1) is 17.2. The summed E-state index contributed by atoms with van der Waals surface area (Å²) in [4.78, 5) is 40.6. The average Bonchev–Trinajstić information content (AvgIpc) is 3.18. The Labute approximate surface area is 153 Å². The summed E-state index contributed by atoms with van der Waals surface area (Å²) in [7, 11) is 0. The van der Waals surface area contributed by atoms with E-state index in [1.54, 1.807) is 0 Å². The Morgan fingerprint density at radius 1 is 1.15 bits per heavy atom. The monoisotopic (exact) mass is 355 g/mol. The number of rotatable bonds is 4. The van der Waals surface area contributed by atoms with Crippen molar-refractivity contribution in [3.8, 4) is 0 Å². The maximum absolute atomic E-state index is 13.2. The van der Waals surface area contributed by atoms with Crippen LogP contribution in [0, 0.1) is 11.8 Å². The molecule has 4 rings (SSSR count). The highest BCUT2D eigenvalue weighted by Crippen LogP contribution is 2.53. The van der Waals surface area contributed by atoms with Gasteiger partial charge in [-0.15, -0.1) is 0 Å². The molecule has 2 fully saturated rings. The summed E-state index contributed by atoms with van der Waals surface area (Å²) in [5, 5.41) is 6.34. The van der Waals surface area contributed by atoms with Crippen LogP contribution in [0.1, 0.15) is 44.7 Å². The van der Waals surface area contributed by atoms with Gasteiger partial charge in [-0.2, -0.15) is 0 Å². The number of aryl methyl sites for hydroxylation is 1. The number of nitrogens with zero attached hydrogens (tertiary/aromatic N) is 1. The molecule has 3 heterocycles. The molecule has 3 aliphatic rings. The van der Waals surface area contributed by atoms with Gasteiger partial charge in [-0.25, -0.2) is 0 Å². The number of carbonyl (C=O) groups is 3. The lowest BCUT2D eigenvalue weighted by molar-refractivity contribution is -0.142. The van der Waals surface area contributed by atoms with Crippen molar-refractivity contribution < 1.29 is 14.4 Å². The van der Waals surface area contributed by atoms with E-state index in [9.17, 15) is 14.4 Å². The number of amides is 3. The summed E-state index contributed by atoms with van der Waals surface area (Å²) in [6.45, 7) is 6.41. The van der Waals surface area contributed by atoms with Crippen LogP contribution in [0.4, 0.5) is 5.69 Å². The summed E-state index contributed by atoms with van der Waals surface area (Å²) in [6.07, 6.45) is 2.49. The van der Waals surface area contributed by atoms with Gasteiger partial charge in [-0.05, 0) is 25.3 Å². The van der Waals surface area contributed by atoms with Crippen LogP contribution in [0.15, 0.2) is 18.2 Å². The lowest BCUT2D eigenvalue weighted by atomic mass is 9.76. The molecule has 1 aromatic rings. The number of para-hydroxylation sites is 1. The van der Waals surface area contributed by atoms with Crippen molar-refractivity contribution in [3.63, 3.8) is 0 Å². The van der Waals surface area contributed by atoms with Gasteiger partial charge >= 0.3 is 0 Å². The Bertz CT molecular complexity index is 805. The molecule has 2 N–H and O–H groups in total. The van der Waals surface area contributed by atoms with Crippen molar-refractivity contribution in [1.29, 1.82) is 0 Å². The van der Waals surface area contributed by atoms with E-state index in [4.69, 9.17) is 0 Å². The molecule has 2 saturated heterocycles. The number of benzene rings is 1. The van der Waals surface area contributed by atoms with E-state index < -0.39 is 17.4 Å². The van der Waals surface area contributed by atoms with E-state index in [2.05, 4.69) is 10.6 Å². The summed E-state index contributed by atoms with van der Waals surface area (Å²) in [5.74, 6) is -1.73. The van der Waals surface area contributed by atoms with Gasteiger partial charge in [0.2, 0.25) is 17.7 Å². The summed E-state index contributed by atoms with van der Waals surface area (Å²) in [5.41, 5.74) is 1.51. The molecule has 2 unspecified atom stereocenters. The van der Waals surface area contributed by atoms with Crippen LogP contribution >= 0.6 is 0 Å². The lowest BCUT2D eigenvalue weighted by Crippen LogP contribution is -2.52. The van der Waals surface area contributed by atoms with Crippen molar-refractivity contribution >= 4 is 23.4 Å². The molecular weight excluding hydrogens is 330 g/mol. The minimum Gasteiger partial charge on any atom is -0.324 e. The largest absolute Gasteiger partial charge is 0.324 e. The number of hydrogen-bond acceptors (Lipinski definition) is 4. The molecule has 3 aliphatic heterocycles. The van der Waals surface area contributed by atoms with Crippen LogP contribution in [-0.2, 0) is 26.3 Å². The highest BCUT2D eigenvalue weighted by atomic mass is 16.2. The highest BCUT2D eigenvalue weighted by molar-refractivity contribution is 6.15. The van der Waals surface area contributed by atoms with Crippen molar-refractivity contribution in [2.24, 2.45) is 11.8 Å². The third-order valence-corrected chi connectivity index (χ3v) is 6.19. The van der Waals surface area contributed by atoms with Gasteiger partial charge in [-0.3, -0.25) is 24.6 Å². The maximum atomic E-state index is 13.2. The Kier molecular flexibility index (Phi) is 3.91. The lowest BCUT2D eigenvalue weighted by Gasteiger charge is -2.29. The molecule has 6 heteroatoms. The first-order chi connectivity index (χ1) is 12.5. The van der Waals surface area contributed by atoms with Crippen LogP contribution in [-0.4, -0.2) is 35.2 Å². The Morgan fingerprint density at radius 2 is 1.92 bits per heavy atom. The van der Waals surface area contributed by atoms with Gasteiger partial charge in [-0.1, -0.05) is 38.5 Å². The smallest absolute Gasteiger partial charge is 0.250 e. The topological polar surface area (TPSA) is 78.5 Å². The standard InChI is InChI=1S/C20H25N3O3/c1-4-6-10-23-17(24)14-11(3)22-20(15(14)18(23)25)13-9-7-8-12(5-2)16(13)21-19(20)26/h7-9,11,14-15,22H,4-6,10H2,1-3H3,(H,21,26)/t11?,14-,15+,20?/m1/s1. The SMILES string of the molecule is CCCCN1C(=O)[C@@H]2C(C)NC3(C(=O)Nc4c(CC)cccc43)[C@@H]2C1=O. The maximum Gasteiger partial charge on any atom is 0.250 e. The molecule has 0 radical (unpaired) electrons. The van der Waals surface area contributed by atoms with E-state index in [0.29, 0.717) is 6.54 Å². The van der Waals surface area contributed by atoms with Crippen LogP contribution in [0.5, 0.6) is 0 Å². The van der Waals surface area contributed by atoms with Gasteiger partial charge in [0.1, 0.15) is 5.54 Å². The molecular formula is C20H25N3O3. The first-order valence-corrected chi connectivity index (χ1v) is 9.54. The zero-order valence-corrected chi connectivity index (χ0v) is 15.5. The normalized spacial score (nSPS) is 32.3. The quantitative estimate of drug-likeness (QED) is 0.807. The molecule has 0 saturated carbocycles. The third kappa shape index (κ3) is 1.99. The molecule has 26 heavy (non-hydrogen) atoms. The van der Waals surface area contributed by atoms with Crippen molar-refractivity contribution in [1.82, 2.24) is 10.2 Å². The van der Waals surface area contributed by atoms with Gasteiger partial charge in [0, 0.05) is 23.8 Å². The van der Waals surface area contributed by atoms with Crippen LogP contribution in [0.25, 0.3) is 0 Å². The van der Waals surface area contributed by atoms with E-state index >= 15 is 0 Å². The number of unbranched alkanes of at least 4 members (excludes halogenated alkanes) is 1. The Balaban J connectivity index is 1.83. The molecule has 0 aliphatic carbocycles. The highest BCUT2D eigenvalue weighted by Gasteiger charge is 2.69. The van der Waals surface area contributed by atoms with Gasteiger partial charge in [0.15, 0.2) is 0 Å². The molecule has 0 bridgehead atoms. The predicted molar refractivity (Wildman–Crippen MR) is 97.3 cm³/mol. The van der Waals surface area contributed by atoms with Crippen LogP contribution in [0.3, 0.4) is 0 Å². The van der Waals surface area contributed by atoms with E-state index in [0.717, 1.165) is 36.1 Å². The number of imide groups is 1. The molecule has 1 aromatic carbocycles. The van der Waals surface area contributed by atoms with Gasteiger partial charge in [0.05, 0.1) is 11.8 Å². The summed E-state index contributed by atoms with van der Waals surface area (Å²) in [6, 6.07) is 5.59. The van der Waals surface area contributed by atoms with Gasteiger partial charge < -0.3 is 5.32 Å². The fourth-order valence-electron chi connectivity index (χ4n) is 4.94. The molecule has 4 atom stereocenters. The van der Waals surface area contributed by atoms with E-state index in [-0.39, 0.29) is 23.8 Å². The van der Waals surface area contributed by atoms with Gasteiger partial charge in [0.25, 0.3) is 0 Å². The zero-order chi connectivity index (χ0) is 18.6. The fourth-order valence-corrected chi connectivity index (χ4v) is 4.94. The number of fused-ring (bicyclic) bond motifs is 4. The second-order valence-electron chi connectivity index (χ2n) is 7.57. The van der Waals surface area contributed by atoms with E-state index in [1.807, 2.05) is 39.0 Å². The Hall–Kier alpha value is -2.21. The van der Waals surface area contributed by atoms with Crippen LogP contribution in [0.2, 0.25) is 0 Å². The van der Waals surface area contributed by atoms with Crippen molar-refractivity contribution in [2.75, 3.05) is 11.9 Å². The van der Waals surface area contributed by atoms with Crippen molar-refractivity contribution in [3.05, 3.63) is 29.3 Å². The number of nitrogens with one attached hydrogen (secondary N) is 2. The minimum absolute atomic E-state index is 0.141. The number of hydrogen-bond donors (Lipinski definition) is 2. The fraction of sp³-hybridized carbons (Fsp3) is 0.550. The number of anilines is 1. The second kappa shape index (κ2) is 5.91. The summed E-state index contributed by atoms with van der Waals surface area (Å²) < 4.78 is 0. The Morgan fingerprint density at radius 3 is 2.62 bits per heavy atom. The predicted octanol–water partition coefficient (Wildman–Crippen LogP) is 1.79. The third-order valence-electron chi connectivity index (χ3n) is 6.19. The number of likely N-dealkylation sites (tertiary alicyclic amines) is 1. The average molecular weight is 355 g/mol. The molecule has 6 nitrogen and oxygen atoms in total.